The molecule has 0 saturated carbocycles. The topological polar surface area (TPSA) is 79.3 Å². The number of hydrogen-bond acceptors (Lipinski definition) is 3. The molecule has 0 radical (unpaired) electrons. The average molecular weight is 288 g/mol. The second-order valence-electron chi connectivity index (χ2n) is 5.59. The number of nitrogens with zero attached hydrogens (tertiary/aromatic N) is 1. The van der Waals surface area contributed by atoms with Gasteiger partial charge in [-0.2, -0.15) is 0 Å². The van der Waals surface area contributed by atoms with Gasteiger partial charge in [-0.1, -0.05) is 11.1 Å². The van der Waals surface area contributed by atoms with E-state index in [1.165, 1.54) is 0 Å². The number of aliphatic carboxylic acids is 1. The molecule has 0 unspecified atom stereocenters. The Balaban J connectivity index is 2.04. The van der Waals surface area contributed by atoms with E-state index in [1.54, 1.807) is 12.4 Å². The number of pyridine rings is 1. The van der Waals surface area contributed by atoms with Gasteiger partial charge >= 0.3 is 5.97 Å². The summed E-state index contributed by atoms with van der Waals surface area (Å²) >= 11 is 0. The summed E-state index contributed by atoms with van der Waals surface area (Å²) in [6.45, 7) is 4.30. The van der Waals surface area contributed by atoms with Crippen molar-refractivity contribution in [3.8, 4) is 0 Å². The molecule has 5 heteroatoms. The summed E-state index contributed by atoms with van der Waals surface area (Å²) in [6.07, 6.45) is 4.30. The van der Waals surface area contributed by atoms with Crippen molar-refractivity contribution >= 4 is 11.9 Å². The van der Waals surface area contributed by atoms with Crippen LogP contribution in [0.3, 0.4) is 0 Å². The zero-order chi connectivity index (χ0) is 15.4. The molecule has 0 spiro atoms. The number of nitrogens with one attached hydrogen (secondary N) is 1. The normalized spacial score (nSPS) is 22.0. The van der Waals surface area contributed by atoms with E-state index in [0.29, 0.717) is 19.4 Å². The molecule has 112 valence electrons. The van der Waals surface area contributed by atoms with Crippen molar-refractivity contribution in [1.82, 2.24) is 10.3 Å². The van der Waals surface area contributed by atoms with Crippen LogP contribution in [0, 0.1) is 11.8 Å². The minimum Gasteiger partial charge on any atom is -0.481 e. The van der Waals surface area contributed by atoms with E-state index >= 15 is 0 Å². The number of aromatic nitrogens is 1. The van der Waals surface area contributed by atoms with Crippen molar-refractivity contribution in [3.63, 3.8) is 0 Å². The molecule has 1 heterocycles. The first kappa shape index (κ1) is 15.2. The van der Waals surface area contributed by atoms with Crippen molar-refractivity contribution in [1.29, 1.82) is 0 Å². The van der Waals surface area contributed by atoms with Crippen molar-refractivity contribution in [2.45, 2.75) is 33.2 Å². The smallest absolute Gasteiger partial charge is 0.307 e. The molecule has 2 N–H and O–H groups in total. The highest BCUT2D eigenvalue weighted by molar-refractivity contribution is 5.85. The maximum Gasteiger partial charge on any atom is 0.307 e. The lowest BCUT2D eigenvalue weighted by atomic mass is 9.76. The van der Waals surface area contributed by atoms with E-state index in [9.17, 15) is 14.7 Å². The fourth-order valence-corrected chi connectivity index (χ4v) is 2.65. The summed E-state index contributed by atoms with van der Waals surface area (Å²) in [7, 11) is 0. The highest BCUT2D eigenvalue weighted by Crippen LogP contribution is 2.34. The number of amides is 1. The van der Waals surface area contributed by atoms with Crippen LogP contribution >= 0.6 is 0 Å². The lowest BCUT2D eigenvalue weighted by Gasteiger charge is -2.29. The Morgan fingerprint density at radius 2 is 1.76 bits per heavy atom. The average Bonchev–Trinajstić information content (AvgIpc) is 2.48. The molecule has 2 atom stereocenters. The highest BCUT2D eigenvalue weighted by atomic mass is 16.4. The lowest BCUT2D eigenvalue weighted by Crippen LogP contribution is -2.39. The number of allylic oxidation sites excluding steroid dienone is 2. The highest BCUT2D eigenvalue weighted by Gasteiger charge is 2.37. The maximum absolute atomic E-state index is 12.3. The third-order valence-electron chi connectivity index (χ3n) is 4.14. The van der Waals surface area contributed by atoms with Crippen LogP contribution in [0.4, 0.5) is 0 Å². The van der Waals surface area contributed by atoms with Crippen LogP contribution in [0.5, 0.6) is 0 Å². The summed E-state index contributed by atoms with van der Waals surface area (Å²) in [6, 6.07) is 3.65. The van der Waals surface area contributed by atoms with Gasteiger partial charge in [0.2, 0.25) is 5.91 Å². The molecule has 21 heavy (non-hydrogen) atoms. The van der Waals surface area contributed by atoms with Crippen LogP contribution in [-0.4, -0.2) is 22.0 Å². The minimum absolute atomic E-state index is 0.189. The number of hydrogen-bond donors (Lipinski definition) is 2. The summed E-state index contributed by atoms with van der Waals surface area (Å²) in [4.78, 5) is 27.6. The second kappa shape index (κ2) is 6.52. The molecular weight excluding hydrogens is 268 g/mol. The number of carbonyl (C=O) groups is 2. The van der Waals surface area contributed by atoms with Gasteiger partial charge in [0.05, 0.1) is 11.8 Å². The Morgan fingerprint density at radius 3 is 2.33 bits per heavy atom. The van der Waals surface area contributed by atoms with Gasteiger partial charge in [-0.3, -0.25) is 14.6 Å². The van der Waals surface area contributed by atoms with Gasteiger partial charge in [-0.25, -0.2) is 0 Å². The fraction of sp³-hybridized carbons (Fsp3) is 0.438. The molecule has 0 fully saturated rings. The van der Waals surface area contributed by atoms with Crippen molar-refractivity contribution in [2.24, 2.45) is 11.8 Å². The van der Waals surface area contributed by atoms with Gasteiger partial charge in [0.15, 0.2) is 0 Å². The molecule has 1 aromatic rings. The van der Waals surface area contributed by atoms with Crippen LogP contribution in [0.1, 0.15) is 32.3 Å². The third-order valence-corrected chi connectivity index (χ3v) is 4.14. The molecule has 0 saturated heterocycles. The molecule has 1 amide bonds. The fourth-order valence-electron chi connectivity index (χ4n) is 2.65. The van der Waals surface area contributed by atoms with E-state index in [0.717, 1.165) is 16.7 Å². The van der Waals surface area contributed by atoms with E-state index in [-0.39, 0.29) is 5.91 Å². The first-order chi connectivity index (χ1) is 9.99. The molecule has 1 aliphatic carbocycles. The molecule has 0 bridgehead atoms. The predicted octanol–water partition coefficient (Wildman–Crippen LogP) is 2.15. The SMILES string of the molecule is CC1=C(C)C[C@@H](C(=O)O)[C@@H](C(=O)NCc2ccncc2)C1. The summed E-state index contributed by atoms with van der Waals surface area (Å²) in [5.74, 6) is -2.21. The summed E-state index contributed by atoms with van der Waals surface area (Å²) < 4.78 is 0. The zero-order valence-corrected chi connectivity index (χ0v) is 12.3. The quantitative estimate of drug-likeness (QED) is 0.832. The predicted molar refractivity (Wildman–Crippen MR) is 78.3 cm³/mol. The number of carboxylic acids is 1. The summed E-state index contributed by atoms with van der Waals surface area (Å²) in [5, 5.41) is 12.2. The van der Waals surface area contributed by atoms with Crippen LogP contribution in [0.25, 0.3) is 0 Å². The first-order valence-electron chi connectivity index (χ1n) is 7.03. The van der Waals surface area contributed by atoms with Gasteiger partial charge in [0.1, 0.15) is 0 Å². The van der Waals surface area contributed by atoms with Gasteiger partial charge in [-0.05, 0) is 44.4 Å². The molecule has 1 aromatic heterocycles. The maximum atomic E-state index is 12.3. The van der Waals surface area contributed by atoms with Gasteiger partial charge < -0.3 is 10.4 Å². The number of carboxylic acid groups (broad SMARTS) is 1. The zero-order valence-electron chi connectivity index (χ0n) is 12.3. The van der Waals surface area contributed by atoms with Gasteiger partial charge in [0, 0.05) is 18.9 Å². The number of carbonyl (C=O) groups excluding carboxylic acids is 1. The third kappa shape index (κ3) is 3.68. The minimum atomic E-state index is -0.897. The molecule has 0 aliphatic heterocycles. The van der Waals surface area contributed by atoms with Crippen LogP contribution in [-0.2, 0) is 16.1 Å². The van der Waals surface area contributed by atoms with Crippen molar-refractivity contribution in [3.05, 3.63) is 41.2 Å². The standard InChI is InChI=1S/C16H20N2O3/c1-10-7-13(14(16(20)21)8-11(10)2)15(19)18-9-12-3-5-17-6-4-12/h3-6,13-14H,7-9H2,1-2H3,(H,18,19)(H,20,21)/t13-,14+/m0/s1. The monoisotopic (exact) mass is 288 g/mol. The number of rotatable bonds is 4. The Hall–Kier alpha value is -2.17. The second-order valence-corrected chi connectivity index (χ2v) is 5.59. The first-order valence-corrected chi connectivity index (χ1v) is 7.03. The Kier molecular flexibility index (Phi) is 4.73. The Labute approximate surface area is 124 Å². The Bertz CT molecular complexity index is 566. The molecule has 2 rings (SSSR count). The molecule has 5 nitrogen and oxygen atoms in total. The Morgan fingerprint density at radius 1 is 1.19 bits per heavy atom. The van der Waals surface area contributed by atoms with Crippen LogP contribution in [0.15, 0.2) is 35.7 Å². The van der Waals surface area contributed by atoms with Crippen LogP contribution in [0.2, 0.25) is 0 Å². The lowest BCUT2D eigenvalue weighted by molar-refractivity contribution is -0.147. The van der Waals surface area contributed by atoms with E-state index in [1.807, 2.05) is 26.0 Å². The van der Waals surface area contributed by atoms with E-state index in [2.05, 4.69) is 10.3 Å². The summed E-state index contributed by atoms with van der Waals surface area (Å²) in [5.41, 5.74) is 3.15. The molecule has 0 aromatic carbocycles. The van der Waals surface area contributed by atoms with Crippen molar-refractivity contribution in [2.75, 3.05) is 0 Å². The molecular formula is C16H20N2O3. The van der Waals surface area contributed by atoms with Gasteiger partial charge in [0.25, 0.3) is 0 Å². The molecule has 1 aliphatic rings. The largest absolute Gasteiger partial charge is 0.481 e. The van der Waals surface area contributed by atoms with E-state index < -0.39 is 17.8 Å². The van der Waals surface area contributed by atoms with Gasteiger partial charge in [-0.15, -0.1) is 0 Å². The van der Waals surface area contributed by atoms with Crippen LogP contribution < -0.4 is 5.32 Å². The van der Waals surface area contributed by atoms with E-state index in [4.69, 9.17) is 0 Å². The van der Waals surface area contributed by atoms with Crippen molar-refractivity contribution < 1.29 is 14.7 Å².